The maximum Gasteiger partial charge on any atom is 0.258 e. The first-order valence-corrected chi connectivity index (χ1v) is 7.87. The lowest BCUT2D eigenvalue weighted by atomic mass is 10.2. The number of halogens is 2. The molecule has 24 heavy (non-hydrogen) atoms. The van der Waals surface area contributed by atoms with E-state index in [2.05, 4.69) is 15.5 Å². The zero-order chi connectivity index (χ0) is 17.7. The van der Waals surface area contributed by atoms with Gasteiger partial charge >= 0.3 is 0 Å². The van der Waals surface area contributed by atoms with Crippen molar-refractivity contribution >= 4 is 46.3 Å². The predicted molar refractivity (Wildman–Crippen MR) is 95.3 cm³/mol. The Morgan fingerprint density at radius 3 is 2.46 bits per heavy atom. The Morgan fingerprint density at radius 2 is 1.83 bits per heavy atom. The number of hydrogen-bond acceptors (Lipinski definition) is 4. The molecule has 5 nitrogen and oxygen atoms in total. The summed E-state index contributed by atoms with van der Waals surface area (Å²) in [5.74, 6) is -1.01. The van der Waals surface area contributed by atoms with Gasteiger partial charge in [-0.15, -0.1) is 0 Å². The van der Waals surface area contributed by atoms with E-state index < -0.39 is 17.7 Å². The third-order valence-electron chi connectivity index (χ3n) is 3.20. The number of hydrogen-bond donors (Lipinski definition) is 1. The van der Waals surface area contributed by atoms with Crippen LogP contribution in [0, 0.1) is 6.92 Å². The highest BCUT2D eigenvalue weighted by Crippen LogP contribution is 2.24. The lowest BCUT2D eigenvalue weighted by Crippen LogP contribution is -2.31. The van der Waals surface area contributed by atoms with Crippen molar-refractivity contribution < 1.29 is 9.59 Å². The Hall–Kier alpha value is -2.24. The molecule has 124 valence electrons. The van der Waals surface area contributed by atoms with Gasteiger partial charge in [0.2, 0.25) is 6.04 Å². The fourth-order valence-corrected chi connectivity index (χ4v) is 2.34. The Morgan fingerprint density at radius 1 is 1.12 bits per heavy atom. The van der Waals surface area contributed by atoms with Crippen LogP contribution in [-0.4, -0.2) is 17.7 Å². The average Bonchev–Trinajstić information content (AvgIpc) is 2.51. The molecule has 0 aromatic heterocycles. The first kappa shape index (κ1) is 18.1. The highest BCUT2D eigenvalue weighted by molar-refractivity contribution is 6.34. The van der Waals surface area contributed by atoms with Crippen LogP contribution < -0.4 is 5.32 Å². The van der Waals surface area contributed by atoms with E-state index in [-0.39, 0.29) is 0 Å². The van der Waals surface area contributed by atoms with Crippen LogP contribution in [-0.2, 0) is 9.59 Å². The number of carbonyl (C=O) groups is 2. The largest absolute Gasteiger partial charge is 0.322 e. The van der Waals surface area contributed by atoms with Crippen LogP contribution in [0.1, 0.15) is 12.5 Å². The molecule has 0 bridgehead atoms. The number of Topliss-reactive ketones (excluding diaryl/α,β-unsaturated/α-hetero) is 1. The van der Waals surface area contributed by atoms with Gasteiger partial charge in [0.1, 0.15) is 0 Å². The molecule has 1 amide bonds. The van der Waals surface area contributed by atoms with Crippen LogP contribution in [0.15, 0.2) is 52.7 Å². The van der Waals surface area contributed by atoms with E-state index in [1.54, 1.807) is 42.5 Å². The van der Waals surface area contributed by atoms with Crippen LogP contribution in [0.5, 0.6) is 0 Å². The number of para-hydroxylation sites is 1. The van der Waals surface area contributed by atoms with Crippen molar-refractivity contribution in [2.45, 2.75) is 19.9 Å². The number of ketones is 1. The van der Waals surface area contributed by atoms with E-state index in [1.807, 2.05) is 6.92 Å². The number of aryl methyl sites for hydroxylation is 1. The van der Waals surface area contributed by atoms with E-state index in [0.717, 1.165) is 5.56 Å². The average molecular weight is 364 g/mol. The normalized spacial score (nSPS) is 12.2. The third-order valence-corrected chi connectivity index (χ3v) is 3.77. The smallest absolute Gasteiger partial charge is 0.258 e. The molecular formula is C17H15Cl2N3O2. The molecule has 1 atom stereocenters. The SMILES string of the molecule is CC(=O)C(N=Nc1ccc(Cl)cc1C)C(=O)Nc1ccccc1Cl. The summed E-state index contributed by atoms with van der Waals surface area (Å²) < 4.78 is 0. The molecule has 2 aromatic carbocycles. The molecule has 2 rings (SSSR count). The van der Waals surface area contributed by atoms with Crippen molar-refractivity contribution in [1.82, 2.24) is 0 Å². The number of amides is 1. The van der Waals surface area contributed by atoms with Gasteiger partial charge in [-0.2, -0.15) is 10.2 Å². The Balaban J connectivity index is 2.20. The lowest BCUT2D eigenvalue weighted by molar-refractivity contribution is -0.126. The molecule has 0 spiro atoms. The van der Waals surface area contributed by atoms with Gasteiger partial charge in [0.25, 0.3) is 5.91 Å². The number of azo groups is 1. The van der Waals surface area contributed by atoms with Gasteiger partial charge in [-0.25, -0.2) is 0 Å². The van der Waals surface area contributed by atoms with Crippen molar-refractivity contribution in [3.05, 3.63) is 58.1 Å². The second-order valence-corrected chi connectivity index (χ2v) is 5.97. The fraction of sp³-hybridized carbons (Fsp3) is 0.176. The molecule has 0 saturated carbocycles. The molecule has 0 radical (unpaired) electrons. The number of nitrogens with zero attached hydrogens (tertiary/aromatic N) is 2. The quantitative estimate of drug-likeness (QED) is 0.600. The Bertz CT molecular complexity index is 806. The number of rotatable bonds is 5. The highest BCUT2D eigenvalue weighted by atomic mass is 35.5. The first-order valence-electron chi connectivity index (χ1n) is 7.11. The minimum atomic E-state index is -1.25. The predicted octanol–water partition coefficient (Wildman–Crippen LogP) is 4.98. The molecule has 0 heterocycles. The van der Waals surface area contributed by atoms with Gasteiger partial charge in [0.05, 0.1) is 16.4 Å². The molecule has 0 aliphatic carbocycles. The van der Waals surface area contributed by atoms with Crippen LogP contribution >= 0.6 is 23.2 Å². The fourth-order valence-electron chi connectivity index (χ4n) is 1.93. The number of nitrogens with one attached hydrogen (secondary N) is 1. The van der Waals surface area contributed by atoms with Gasteiger partial charge in [-0.1, -0.05) is 35.3 Å². The molecule has 0 fully saturated rings. The molecule has 0 aliphatic rings. The summed E-state index contributed by atoms with van der Waals surface area (Å²) in [6.07, 6.45) is 0. The molecule has 1 N–H and O–H groups in total. The van der Waals surface area contributed by atoms with Crippen LogP contribution in [0.2, 0.25) is 10.0 Å². The lowest BCUT2D eigenvalue weighted by Gasteiger charge is -2.10. The number of anilines is 1. The summed E-state index contributed by atoms with van der Waals surface area (Å²) in [6, 6.07) is 10.5. The number of carbonyl (C=O) groups excluding carboxylic acids is 2. The van der Waals surface area contributed by atoms with Crippen LogP contribution in [0.3, 0.4) is 0 Å². The summed E-state index contributed by atoms with van der Waals surface area (Å²) in [4.78, 5) is 24.1. The monoisotopic (exact) mass is 363 g/mol. The van der Waals surface area contributed by atoms with Gasteiger partial charge in [0.15, 0.2) is 5.78 Å². The Labute approximate surface area is 149 Å². The van der Waals surface area contributed by atoms with Crippen molar-refractivity contribution in [2.24, 2.45) is 10.2 Å². The summed E-state index contributed by atoms with van der Waals surface area (Å²) in [7, 11) is 0. The third kappa shape index (κ3) is 4.63. The summed E-state index contributed by atoms with van der Waals surface area (Å²) in [6.45, 7) is 3.09. The van der Waals surface area contributed by atoms with Crippen LogP contribution in [0.25, 0.3) is 0 Å². The van der Waals surface area contributed by atoms with E-state index in [4.69, 9.17) is 23.2 Å². The molecule has 7 heteroatoms. The number of benzene rings is 2. The summed E-state index contributed by atoms with van der Waals surface area (Å²) in [5.41, 5.74) is 1.74. The molecule has 1 unspecified atom stereocenters. The molecular weight excluding hydrogens is 349 g/mol. The van der Waals surface area contributed by atoms with Gasteiger partial charge < -0.3 is 5.32 Å². The highest BCUT2D eigenvalue weighted by Gasteiger charge is 2.23. The van der Waals surface area contributed by atoms with Crippen molar-refractivity contribution in [3.8, 4) is 0 Å². The molecule has 2 aromatic rings. The first-order chi connectivity index (χ1) is 11.4. The molecule has 0 saturated heterocycles. The maximum atomic E-state index is 12.3. The summed E-state index contributed by atoms with van der Waals surface area (Å²) in [5, 5.41) is 11.4. The zero-order valence-corrected chi connectivity index (χ0v) is 14.6. The Kier molecular flexibility index (Phi) is 6.06. The standard InChI is InChI=1S/C17H15Cl2N3O2/c1-10-9-12(18)7-8-14(10)21-22-16(11(2)23)17(24)20-15-6-4-3-5-13(15)19/h3-9,16H,1-2H3,(H,20,24). The summed E-state index contributed by atoms with van der Waals surface area (Å²) >= 11 is 11.9. The molecule has 0 aliphatic heterocycles. The topological polar surface area (TPSA) is 70.9 Å². The second kappa shape index (κ2) is 8.04. The second-order valence-electron chi connectivity index (χ2n) is 5.13. The van der Waals surface area contributed by atoms with Crippen molar-refractivity contribution in [3.63, 3.8) is 0 Å². The van der Waals surface area contributed by atoms with E-state index in [9.17, 15) is 9.59 Å². The van der Waals surface area contributed by atoms with Gasteiger partial charge in [-0.05, 0) is 49.7 Å². The zero-order valence-electron chi connectivity index (χ0n) is 13.1. The van der Waals surface area contributed by atoms with E-state index in [0.29, 0.717) is 21.4 Å². The van der Waals surface area contributed by atoms with E-state index >= 15 is 0 Å². The van der Waals surface area contributed by atoms with Crippen molar-refractivity contribution in [2.75, 3.05) is 5.32 Å². The maximum absolute atomic E-state index is 12.3. The van der Waals surface area contributed by atoms with Crippen molar-refractivity contribution in [1.29, 1.82) is 0 Å². The minimum Gasteiger partial charge on any atom is -0.322 e. The van der Waals surface area contributed by atoms with E-state index in [1.165, 1.54) is 6.92 Å². The minimum absolute atomic E-state index is 0.374. The van der Waals surface area contributed by atoms with Gasteiger partial charge in [-0.3, -0.25) is 9.59 Å². The van der Waals surface area contributed by atoms with Crippen LogP contribution in [0.4, 0.5) is 11.4 Å². The van der Waals surface area contributed by atoms with Gasteiger partial charge in [0, 0.05) is 5.02 Å².